The summed E-state index contributed by atoms with van der Waals surface area (Å²) in [7, 11) is 0. The van der Waals surface area contributed by atoms with Crippen LogP contribution in [0.15, 0.2) is 45.3 Å². The minimum atomic E-state index is -0.386. The Morgan fingerprint density at radius 3 is 2.67 bits per heavy atom. The van der Waals surface area contributed by atoms with Gasteiger partial charge in [-0.1, -0.05) is 44.8 Å². The first-order valence-electron chi connectivity index (χ1n) is 6.72. The van der Waals surface area contributed by atoms with Gasteiger partial charge in [0.25, 0.3) is 0 Å². The highest BCUT2D eigenvalue weighted by Gasteiger charge is 2.07. The van der Waals surface area contributed by atoms with Crippen molar-refractivity contribution in [1.82, 2.24) is 5.32 Å². The molecule has 1 N–H and O–H groups in total. The van der Waals surface area contributed by atoms with Gasteiger partial charge in [-0.3, -0.25) is 0 Å². The Hall–Kier alpha value is -0.910. The maximum atomic E-state index is 13.7. The first-order valence-corrected chi connectivity index (χ1v) is 8.31. The number of rotatable bonds is 6. The lowest BCUT2D eigenvalue weighted by Gasteiger charge is -2.10. The monoisotopic (exact) mass is 415 g/mol. The van der Waals surface area contributed by atoms with Crippen LogP contribution in [0.3, 0.4) is 0 Å². The fourth-order valence-corrected chi connectivity index (χ4v) is 2.66. The molecule has 2 nitrogen and oxygen atoms in total. The Balaban J connectivity index is 2.11. The standard InChI is InChI=1S/C16H16Br2FNO/c1-2-7-20-10-11-3-5-13(9-14(11)18)21-16-8-12(17)4-6-15(16)19/h3-6,8-9,20H,2,7,10H2,1H3. The third-order valence-corrected chi connectivity index (χ3v) is 4.12. The van der Waals surface area contributed by atoms with E-state index in [1.54, 1.807) is 12.1 Å². The largest absolute Gasteiger partial charge is 0.454 e. The van der Waals surface area contributed by atoms with E-state index in [2.05, 4.69) is 44.1 Å². The van der Waals surface area contributed by atoms with Gasteiger partial charge in [0.1, 0.15) is 5.75 Å². The molecule has 0 aromatic heterocycles. The summed E-state index contributed by atoms with van der Waals surface area (Å²) in [6.45, 7) is 3.90. The molecule has 112 valence electrons. The molecular formula is C16H16Br2FNO. The van der Waals surface area contributed by atoms with Crippen molar-refractivity contribution in [3.8, 4) is 11.5 Å². The SMILES string of the molecule is CCCNCc1ccc(Oc2cc(Br)ccc2F)cc1Br. The van der Waals surface area contributed by atoms with Crippen molar-refractivity contribution in [3.05, 3.63) is 56.7 Å². The summed E-state index contributed by atoms with van der Waals surface area (Å²) < 4.78 is 21.0. The van der Waals surface area contributed by atoms with Crippen LogP contribution in [0.5, 0.6) is 11.5 Å². The van der Waals surface area contributed by atoms with Crippen LogP contribution in [-0.4, -0.2) is 6.54 Å². The van der Waals surface area contributed by atoms with Crippen molar-refractivity contribution >= 4 is 31.9 Å². The Morgan fingerprint density at radius 2 is 1.95 bits per heavy atom. The third-order valence-electron chi connectivity index (χ3n) is 2.89. The second-order valence-corrected chi connectivity index (χ2v) is 6.38. The molecule has 0 fully saturated rings. The van der Waals surface area contributed by atoms with Gasteiger partial charge in [-0.15, -0.1) is 0 Å². The Bertz CT molecular complexity index is 619. The molecule has 0 aliphatic carbocycles. The normalized spacial score (nSPS) is 10.7. The lowest BCUT2D eigenvalue weighted by atomic mass is 10.2. The first kappa shape index (κ1) is 16.5. The lowest BCUT2D eigenvalue weighted by molar-refractivity contribution is 0.441. The van der Waals surface area contributed by atoms with E-state index in [0.29, 0.717) is 5.75 Å². The molecule has 0 unspecified atom stereocenters. The smallest absolute Gasteiger partial charge is 0.165 e. The predicted molar refractivity (Wildman–Crippen MR) is 90.3 cm³/mol. The van der Waals surface area contributed by atoms with Crippen LogP contribution in [0.25, 0.3) is 0 Å². The van der Waals surface area contributed by atoms with Crippen molar-refractivity contribution in [3.63, 3.8) is 0 Å². The summed E-state index contributed by atoms with van der Waals surface area (Å²) >= 11 is 6.83. The van der Waals surface area contributed by atoms with Crippen molar-refractivity contribution < 1.29 is 9.13 Å². The molecule has 0 atom stereocenters. The number of ether oxygens (including phenoxy) is 1. The van der Waals surface area contributed by atoms with E-state index in [0.717, 1.165) is 34.0 Å². The average molecular weight is 417 g/mol. The quantitative estimate of drug-likeness (QED) is 0.615. The Morgan fingerprint density at radius 1 is 1.14 bits per heavy atom. The van der Waals surface area contributed by atoms with Gasteiger partial charge in [0.15, 0.2) is 11.6 Å². The van der Waals surface area contributed by atoms with Crippen LogP contribution in [0, 0.1) is 5.82 Å². The summed E-state index contributed by atoms with van der Waals surface area (Å²) in [5.74, 6) is 0.411. The molecule has 0 saturated heterocycles. The highest BCUT2D eigenvalue weighted by atomic mass is 79.9. The molecule has 0 aliphatic heterocycles. The first-order chi connectivity index (χ1) is 10.1. The average Bonchev–Trinajstić information content (AvgIpc) is 2.45. The molecule has 0 saturated carbocycles. The number of hydrogen-bond donors (Lipinski definition) is 1. The number of hydrogen-bond acceptors (Lipinski definition) is 2. The molecule has 5 heteroatoms. The van der Waals surface area contributed by atoms with E-state index in [1.165, 1.54) is 6.07 Å². The van der Waals surface area contributed by atoms with E-state index < -0.39 is 0 Å². The van der Waals surface area contributed by atoms with Crippen molar-refractivity contribution in [2.45, 2.75) is 19.9 Å². The predicted octanol–water partition coefficient (Wildman–Crippen LogP) is 5.64. The van der Waals surface area contributed by atoms with Crippen LogP contribution in [-0.2, 0) is 6.54 Å². The highest BCUT2D eigenvalue weighted by Crippen LogP contribution is 2.30. The maximum Gasteiger partial charge on any atom is 0.165 e. The van der Waals surface area contributed by atoms with E-state index in [-0.39, 0.29) is 11.6 Å². The maximum absolute atomic E-state index is 13.7. The summed E-state index contributed by atoms with van der Waals surface area (Å²) in [5.41, 5.74) is 1.14. The Kier molecular flexibility index (Phi) is 6.21. The molecule has 0 bridgehead atoms. The van der Waals surface area contributed by atoms with Gasteiger partial charge >= 0.3 is 0 Å². The molecular weight excluding hydrogens is 401 g/mol. The van der Waals surface area contributed by atoms with Gasteiger partial charge in [-0.25, -0.2) is 4.39 Å². The van der Waals surface area contributed by atoms with Gasteiger partial charge in [0, 0.05) is 15.5 Å². The molecule has 0 aliphatic rings. The van der Waals surface area contributed by atoms with E-state index in [4.69, 9.17) is 4.74 Å². The zero-order chi connectivity index (χ0) is 15.2. The molecule has 0 spiro atoms. The fourth-order valence-electron chi connectivity index (χ4n) is 1.82. The molecule has 0 heterocycles. The summed E-state index contributed by atoms with van der Waals surface area (Å²) in [4.78, 5) is 0. The van der Waals surface area contributed by atoms with E-state index in [9.17, 15) is 4.39 Å². The number of benzene rings is 2. The van der Waals surface area contributed by atoms with Crippen LogP contribution in [0.2, 0.25) is 0 Å². The van der Waals surface area contributed by atoms with Crippen molar-refractivity contribution in [1.29, 1.82) is 0 Å². The summed E-state index contributed by atoms with van der Waals surface area (Å²) in [5, 5.41) is 3.34. The fraction of sp³-hybridized carbons (Fsp3) is 0.250. The van der Waals surface area contributed by atoms with Crippen LogP contribution < -0.4 is 10.1 Å². The van der Waals surface area contributed by atoms with Crippen LogP contribution in [0.4, 0.5) is 4.39 Å². The molecule has 2 rings (SSSR count). The van der Waals surface area contributed by atoms with Gasteiger partial charge in [0.05, 0.1) is 0 Å². The Labute approximate surface area is 141 Å². The summed E-state index contributed by atoms with van der Waals surface area (Å²) in [6.07, 6.45) is 1.10. The topological polar surface area (TPSA) is 21.3 Å². The van der Waals surface area contributed by atoms with Gasteiger partial charge in [-0.05, 0) is 48.9 Å². The highest BCUT2D eigenvalue weighted by molar-refractivity contribution is 9.10. The molecule has 0 radical (unpaired) electrons. The minimum absolute atomic E-state index is 0.202. The second kappa shape index (κ2) is 7.92. The van der Waals surface area contributed by atoms with Crippen molar-refractivity contribution in [2.75, 3.05) is 6.54 Å². The minimum Gasteiger partial charge on any atom is -0.454 e. The number of halogens is 3. The third kappa shape index (κ3) is 4.80. The van der Waals surface area contributed by atoms with E-state index in [1.807, 2.05) is 18.2 Å². The second-order valence-electron chi connectivity index (χ2n) is 4.61. The molecule has 2 aromatic carbocycles. The number of nitrogens with one attached hydrogen (secondary N) is 1. The lowest BCUT2D eigenvalue weighted by Crippen LogP contribution is -2.14. The van der Waals surface area contributed by atoms with Crippen molar-refractivity contribution in [2.24, 2.45) is 0 Å². The zero-order valence-corrected chi connectivity index (χ0v) is 14.8. The molecule has 2 aromatic rings. The van der Waals surface area contributed by atoms with Gasteiger partial charge < -0.3 is 10.1 Å². The van der Waals surface area contributed by atoms with Crippen LogP contribution >= 0.6 is 31.9 Å². The summed E-state index contributed by atoms with van der Waals surface area (Å²) in [6, 6.07) is 10.3. The molecule has 21 heavy (non-hydrogen) atoms. The van der Waals surface area contributed by atoms with Crippen LogP contribution in [0.1, 0.15) is 18.9 Å². The zero-order valence-electron chi connectivity index (χ0n) is 11.6. The van der Waals surface area contributed by atoms with E-state index >= 15 is 0 Å². The molecule has 0 amide bonds. The van der Waals surface area contributed by atoms with Gasteiger partial charge in [-0.2, -0.15) is 0 Å². The van der Waals surface area contributed by atoms with Gasteiger partial charge in [0.2, 0.25) is 0 Å².